The lowest BCUT2D eigenvalue weighted by atomic mass is 10.0. The summed E-state index contributed by atoms with van der Waals surface area (Å²) >= 11 is 0. The molecule has 0 aliphatic heterocycles. The molecule has 0 aliphatic rings. The van der Waals surface area contributed by atoms with Crippen molar-refractivity contribution in [1.82, 2.24) is 0 Å². The summed E-state index contributed by atoms with van der Waals surface area (Å²) in [5.74, 6) is -1.68. The second-order valence-corrected chi connectivity index (χ2v) is 34.9. The van der Waals surface area contributed by atoms with Crippen molar-refractivity contribution < 1.29 is 57.2 Å². The van der Waals surface area contributed by atoms with Crippen molar-refractivity contribution in [2.75, 3.05) is 26.4 Å². The maximum absolute atomic E-state index is 12.8. The van der Waals surface area contributed by atoms with Gasteiger partial charge in [0.2, 0.25) is 0 Å². The third kappa shape index (κ3) is 96.0. The molecule has 0 spiro atoms. The molecule has 0 aromatic rings. The van der Waals surface area contributed by atoms with Gasteiger partial charge in [-0.15, -0.1) is 0 Å². The van der Waals surface area contributed by atoms with E-state index in [1.54, 1.807) is 0 Å². The van der Waals surface area contributed by atoms with Crippen molar-refractivity contribution in [3.8, 4) is 0 Å². The number of hydrogen-bond donors (Lipinski definition) is 0. The highest BCUT2D eigenvalue weighted by Crippen LogP contribution is 2.22. The maximum atomic E-state index is 12.8. The molecule has 114 heavy (non-hydrogen) atoms. The summed E-state index contributed by atoms with van der Waals surface area (Å²) in [4.78, 5) is 75.8. The van der Waals surface area contributed by atoms with Gasteiger partial charge >= 0.3 is 35.8 Å². The summed E-state index contributed by atoms with van der Waals surface area (Å²) in [7, 11) is 0. The standard InChI is InChI=1S/2C51H98O6/c2*1-4-7-10-13-16-19-22-25-28-31-34-37-40-43-49(52)55-46-48(57-51(54)45-42-39-36-33-30-27-24-21-18-15-12-9-6-3)47-56-50(53)44-41-38-35-32-29-26-23-20-17-14-11-8-5-2/h2*48H,4-47H2,1-3H3. The molecule has 0 fully saturated rings. The molecule has 0 aliphatic carbocycles. The first-order valence-corrected chi connectivity index (χ1v) is 51.1. The van der Waals surface area contributed by atoms with E-state index in [0.29, 0.717) is 38.5 Å². The zero-order valence-corrected chi connectivity index (χ0v) is 77.3. The van der Waals surface area contributed by atoms with Crippen LogP contribution in [0.25, 0.3) is 0 Å². The van der Waals surface area contributed by atoms with Gasteiger partial charge in [0.05, 0.1) is 0 Å². The molecule has 0 atom stereocenters. The molecule has 0 bridgehead atoms. The first-order valence-electron chi connectivity index (χ1n) is 51.1. The van der Waals surface area contributed by atoms with E-state index in [-0.39, 0.29) is 62.2 Å². The fraction of sp³-hybridized carbons (Fsp3) is 0.941. The van der Waals surface area contributed by atoms with Gasteiger partial charge in [0.15, 0.2) is 12.2 Å². The number of carbonyl (C=O) groups is 6. The first-order chi connectivity index (χ1) is 56.1. The number of esters is 6. The Morgan fingerprint density at radius 3 is 0.351 bits per heavy atom. The van der Waals surface area contributed by atoms with Gasteiger partial charge in [0, 0.05) is 38.5 Å². The Morgan fingerprint density at radius 2 is 0.237 bits per heavy atom. The normalized spacial score (nSPS) is 11.4. The maximum Gasteiger partial charge on any atom is 0.306 e. The Balaban J connectivity index is 0. The zero-order chi connectivity index (χ0) is 83.1. The monoisotopic (exact) mass is 1610 g/mol. The van der Waals surface area contributed by atoms with Crippen molar-refractivity contribution >= 4 is 35.8 Å². The van der Waals surface area contributed by atoms with E-state index in [1.165, 1.54) is 385 Å². The highest BCUT2D eigenvalue weighted by molar-refractivity contribution is 5.72. The fourth-order valence-corrected chi connectivity index (χ4v) is 15.5. The van der Waals surface area contributed by atoms with Crippen molar-refractivity contribution in [3.05, 3.63) is 0 Å². The van der Waals surface area contributed by atoms with Gasteiger partial charge in [-0.05, 0) is 38.5 Å². The van der Waals surface area contributed by atoms with Gasteiger partial charge < -0.3 is 28.4 Å². The van der Waals surface area contributed by atoms with Crippen LogP contribution in [0.15, 0.2) is 0 Å². The average molecular weight is 1610 g/mol. The van der Waals surface area contributed by atoms with E-state index < -0.39 is 12.2 Å². The van der Waals surface area contributed by atoms with Gasteiger partial charge in [-0.1, -0.05) is 504 Å². The molecule has 0 N–H and O–H groups in total. The molecule has 0 aromatic carbocycles. The second-order valence-electron chi connectivity index (χ2n) is 34.9. The predicted molar refractivity (Wildman–Crippen MR) is 485 cm³/mol. The second kappa shape index (κ2) is 98.6. The predicted octanol–water partition coefficient (Wildman–Crippen LogP) is 32.9. The summed E-state index contributed by atoms with van der Waals surface area (Å²) in [5, 5.41) is 0. The summed E-state index contributed by atoms with van der Waals surface area (Å²) in [6.45, 7) is 13.3. The lowest BCUT2D eigenvalue weighted by Crippen LogP contribution is -2.30. The topological polar surface area (TPSA) is 158 Å². The van der Waals surface area contributed by atoms with Crippen LogP contribution < -0.4 is 0 Å². The van der Waals surface area contributed by atoms with E-state index in [9.17, 15) is 28.8 Å². The number of hydrogen-bond acceptors (Lipinski definition) is 12. The fourth-order valence-electron chi connectivity index (χ4n) is 15.5. The molecular weight excluding hydrogens is 1420 g/mol. The minimum Gasteiger partial charge on any atom is -0.462 e. The van der Waals surface area contributed by atoms with E-state index in [0.717, 1.165) is 116 Å². The van der Waals surface area contributed by atoms with Crippen molar-refractivity contribution in [3.63, 3.8) is 0 Å². The smallest absolute Gasteiger partial charge is 0.306 e. The molecule has 12 nitrogen and oxygen atoms in total. The minimum atomic E-state index is -0.759. The summed E-state index contributed by atoms with van der Waals surface area (Å²) < 4.78 is 33.6. The zero-order valence-electron chi connectivity index (χ0n) is 77.3. The quantitative estimate of drug-likeness (QED) is 0.0323. The average Bonchev–Trinajstić information content (AvgIpc) is 0.948. The molecule has 12 heteroatoms. The molecule has 0 aromatic heterocycles. The molecule has 0 saturated carbocycles. The SMILES string of the molecule is CCCCCCCCCCCCCCCC(=O)OCC(COC(=O)CCCCCCCCCCCCCCC)OC(=O)CCCCCCCCCCCCCCC.CCCCCCCCCCCCCCCC(=O)OCC(COC(=O)CCCCCCCCCCCCCCC)OC(=O)CCCCCCCCCCCCCCC. The van der Waals surface area contributed by atoms with E-state index in [2.05, 4.69) is 41.5 Å². The van der Waals surface area contributed by atoms with Crippen LogP contribution >= 0.6 is 0 Å². The molecular formula is C102H196O12. The van der Waals surface area contributed by atoms with Gasteiger partial charge in [-0.2, -0.15) is 0 Å². The summed E-state index contributed by atoms with van der Waals surface area (Å²) in [5.41, 5.74) is 0. The number of rotatable bonds is 94. The molecule has 0 heterocycles. The summed E-state index contributed by atoms with van der Waals surface area (Å²) in [6.07, 6.45) is 98.7. The Morgan fingerprint density at radius 1 is 0.140 bits per heavy atom. The van der Waals surface area contributed by atoms with Crippen molar-refractivity contribution in [1.29, 1.82) is 0 Å². The molecule has 0 radical (unpaired) electrons. The van der Waals surface area contributed by atoms with Gasteiger partial charge in [-0.3, -0.25) is 28.8 Å². The van der Waals surface area contributed by atoms with Crippen LogP contribution in [0.5, 0.6) is 0 Å². The van der Waals surface area contributed by atoms with Crippen LogP contribution in [0.2, 0.25) is 0 Å². The number of ether oxygens (including phenoxy) is 6. The van der Waals surface area contributed by atoms with E-state index >= 15 is 0 Å². The molecule has 0 rings (SSSR count). The van der Waals surface area contributed by atoms with Crippen LogP contribution in [0.3, 0.4) is 0 Å². The molecule has 676 valence electrons. The van der Waals surface area contributed by atoms with Crippen molar-refractivity contribution in [2.45, 2.75) is 593 Å². The van der Waals surface area contributed by atoms with Gasteiger partial charge in [0.25, 0.3) is 0 Å². The third-order valence-electron chi connectivity index (χ3n) is 23.2. The lowest BCUT2D eigenvalue weighted by Gasteiger charge is -2.18. The Kier molecular flexibility index (Phi) is 97.7. The molecule has 0 saturated heterocycles. The first kappa shape index (κ1) is 113. The van der Waals surface area contributed by atoms with Crippen LogP contribution in [-0.2, 0) is 57.2 Å². The molecule has 0 amide bonds. The van der Waals surface area contributed by atoms with E-state index in [4.69, 9.17) is 28.4 Å². The lowest BCUT2D eigenvalue weighted by molar-refractivity contribution is -0.167. The van der Waals surface area contributed by atoms with E-state index in [1.807, 2.05) is 0 Å². The van der Waals surface area contributed by atoms with Crippen molar-refractivity contribution in [2.24, 2.45) is 0 Å². The molecule has 0 unspecified atom stereocenters. The highest BCUT2D eigenvalue weighted by atomic mass is 16.6. The van der Waals surface area contributed by atoms with Crippen LogP contribution in [-0.4, -0.2) is 74.5 Å². The van der Waals surface area contributed by atoms with Crippen LogP contribution in [0.1, 0.15) is 581 Å². The van der Waals surface area contributed by atoms with Gasteiger partial charge in [-0.25, -0.2) is 0 Å². The minimum absolute atomic E-state index is 0.0619. The Labute approximate surface area is 708 Å². The van der Waals surface area contributed by atoms with Crippen LogP contribution in [0.4, 0.5) is 0 Å². The van der Waals surface area contributed by atoms with Gasteiger partial charge in [0.1, 0.15) is 26.4 Å². The third-order valence-corrected chi connectivity index (χ3v) is 23.2. The van der Waals surface area contributed by atoms with Crippen LogP contribution in [0, 0.1) is 0 Å². The number of carbonyl (C=O) groups excluding carboxylic acids is 6. The Hall–Kier alpha value is -3.18. The largest absolute Gasteiger partial charge is 0.462 e. The Bertz CT molecular complexity index is 1730. The number of unbranched alkanes of at least 4 members (excludes halogenated alkanes) is 72. The summed E-state index contributed by atoms with van der Waals surface area (Å²) in [6, 6.07) is 0. The highest BCUT2D eigenvalue weighted by Gasteiger charge is 2.22.